The van der Waals surface area contributed by atoms with Crippen LogP contribution in [-0.2, 0) is 6.54 Å². The molecule has 104 valence electrons. The van der Waals surface area contributed by atoms with Gasteiger partial charge in [0.15, 0.2) is 4.80 Å². The summed E-state index contributed by atoms with van der Waals surface area (Å²) in [5.41, 5.74) is 1.84. The van der Waals surface area contributed by atoms with E-state index in [1.807, 2.05) is 38.1 Å². The lowest BCUT2D eigenvalue weighted by Gasteiger charge is -2.03. The normalized spacial score (nSPS) is 11.4. The second kappa shape index (κ2) is 6.40. The van der Waals surface area contributed by atoms with E-state index in [1.165, 1.54) is 11.3 Å². The van der Waals surface area contributed by atoms with E-state index in [2.05, 4.69) is 22.6 Å². The van der Waals surface area contributed by atoms with E-state index in [1.54, 1.807) is 0 Å². The minimum Gasteiger partial charge on any atom is -0.494 e. The van der Waals surface area contributed by atoms with Crippen LogP contribution in [0.15, 0.2) is 29.3 Å². The molecule has 0 atom stereocenters. The monoisotopic (exact) mass is 287 g/mol. The Morgan fingerprint density at radius 3 is 2.55 bits per heavy atom. The van der Waals surface area contributed by atoms with Gasteiger partial charge in [-0.25, -0.2) is 4.99 Å². The van der Waals surface area contributed by atoms with Gasteiger partial charge in [-0.1, -0.05) is 11.3 Å². The zero-order chi connectivity index (χ0) is 14.5. The molecule has 2 aromatic rings. The number of hydrogen-bond acceptors (Lipinski definition) is 4. The van der Waals surface area contributed by atoms with Crippen molar-refractivity contribution in [3.63, 3.8) is 0 Å². The second-order valence-corrected chi connectivity index (χ2v) is 5.17. The Balaban J connectivity index is 2.42. The van der Waals surface area contributed by atoms with Crippen LogP contribution in [0.1, 0.15) is 24.4 Å². The van der Waals surface area contributed by atoms with Crippen LogP contribution < -0.4 is 9.54 Å². The fourth-order valence-corrected chi connectivity index (χ4v) is 2.95. The van der Waals surface area contributed by atoms with Crippen molar-refractivity contribution in [2.45, 2.75) is 27.3 Å². The maximum Gasteiger partial charge on any atom is 0.191 e. The lowest BCUT2D eigenvalue weighted by atomic mass is 10.3. The van der Waals surface area contributed by atoms with Gasteiger partial charge in [0.25, 0.3) is 0 Å². The van der Waals surface area contributed by atoms with Crippen LogP contribution >= 0.6 is 11.3 Å². The zero-order valence-electron chi connectivity index (χ0n) is 11.9. The van der Waals surface area contributed by atoms with Crippen LogP contribution in [-0.4, -0.2) is 11.2 Å². The van der Waals surface area contributed by atoms with Crippen LogP contribution in [0.4, 0.5) is 5.69 Å². The molecule has 0 fully saturated rings. The third kappa shape index (κ3) is 2.91. The van der Waals surface area contributed by atoms with Gasteiger partial charge in [0.2, 0.25) is 0 Å². The molecule has 2 rings (SSSR count). The standard InChI is InChI=1S/C15H17N3OS/c1-4-18-11(3)14(10-16)20-15(18)17-12-6-8-13(9-7-12)19-5-2/h6-9H,4-5H2,1-3H3. The molecule has 0 unspecified atom stereocenters. The Morgan fingerprint density at radius 2 is 2.00 bits per heavy atom. The Morgan fingerprint density at radius 1 is 1.30 bits per heavy atom. The largest absolute Gasteiger partial charge is 0.494 e. The number of aromatic nitrogens is 1. The fraction of sp³-hybridized carbons (Fsp3) is 0.333. The number of hydrogen-bond donors (Lipinski definition) is 0. The Bertz CT molecular complexity index is 689. The zero-order valence-corrected chi connectivity index (χ0v) is 12.7. The van der Waals surface area contributed by atoms with Crippen LogP contribution in [0.5, 0.6) is 5.75 Å². The highest BCUT2D eigenvalue weighted by atomic mass is 32.1. The second-order valence-electron chi connectivity index (χ2n) is 4.19. The summed E-state index contributed by atoms with van der Waals surface area (Å²) in [6.45, 7) is 7.43. The quantitative estimate of drug-likeness (QED) is 0.865. The smallest absolute Gasteiger partial charge is 0.191 e. The van der Waals surface area contributed by atoms with Crippen LogP contribution in [0, 0.1) is 18.3 Å². The summed E-state index contributed by atoms with van der Waals surface area (Å²) in [4.78, 5) is 6.19. The van der Waals surface area contributed by atoms with Gasteiger partial charge in [0.05, 0.1) is 12.3 Å². The highest BCUT2D eigenvalue weighted by Crippen LogP contribution is 2.18. The van der Waals surface area contributed by atoms with Crippen molar-refractivity contribution in [1.29, 1.82) is 5.26 Å². The molecule has 0 aliphatic heterocycles. The number of benzene rings is 1. The summed E-state index contributed by atoms with van der Waals surface area (Å²) in [6.07, 6.45) is 0. The first-order chi connectivity index (χ1) is 9.69. The highest BCUT2D eigenvalue weighted by Gasteiger charge is 2.07. The van der Waals surface area contributed by atoms with Gasteiger partial charge in [0, 0.05) is 12.2 Å². The molecule has 4 nitrogen and oxygen atoms in total. The van der Waals surface area contributed by atoms with Crippen molar-refractivity contribution in [2.24, 2.45) is 4.99 Å². The van der Waals surface area contributed by atoms with Gasteiger partial charge in [-0.15, -0.1) is 0 Å². The van der Waals surface area contributed by atoms with E-state index < -0.39 is 0 Å². The SMILES string of the molecule is CCOc1ccc(N=c2sc(C#N)c(C)n2CC)cc1. The van der Waals surface area contributed by atoms with E-state index in [-0.39, 0.29) is 0 Å². The van der Waals surface area contributed by atoms with Crippen LogP contribution in [0.3, 0.4) is 0 Å². The summed E-state index contributed by atoms with van der Waals surface area (Å²) in [6, 6.07) is 9.88. The summed E-state index contributed by atoms with van der Waals surface area (Å²) in [7, 11) is 0. The molecule has 0 amide bonds. The van der Waals surface area contributed by atoms with Crippen molar-refractivity contribution in [3.8, 4) is 11.8 Å². The molecule has 1 aromatic carbocycles. The topological polar surface area (TPSA) is 50.3 Å². The van der Waals surface area contributed by atoms with Gasteiger partial charge < -0.3 is 9.30 Å². The fourth-order valence-electron chi connectivity index (χ4n) is 1.94. The molecule has 0 saturated carbocycles. The lowest BCUT2D eigenvalue weighted by Crippen LogP contribution is -2.14. The van der Waals surface area contributed by atoms with Crippen molar-refractivity contribution in [2.75, 3.05) is 6.61 Å². The van der Waals surface area contributed by atoms with Gasteiger partial charge in [-0.3, -0.25) is 0 Å². The number of ether oxygens (including phenoxy) is 1. The van der Waals surface area contributed by atoms with E-state index in [0.717, 1.165) is 33.4 Å². The summed E-state index contributed by atoms with van der Waals surface area (Å²) in [5, 5.41) is 9.10. The molecule has 0 aliphatic rings. The number of nitriles is 1. The summed E-state index contributed by atoms with van der Waals surface area (Å²) < 4.78 is 7.46. The third-order valence-corrected chi connectivity index (χ3v) is 4.03. The summed E-state index contributed by atoms with van der Waals surface area (Å²) in [5.74, 6) is 0.842. The minimum atomic E-state index is 0.655. The number of nitrogens with zero attached hydrogens (tertiary/aromatic N) is 3. The average Bonchev–Trinajstić information content (AvgIpc) is 2.76. The number of rotatable bonds is 4. The van der Waals surface area contributed by atoms with Crippen molar-refractivity contribution < 1.29 is 4.74 Å². The Labute approximate surface area is 122 Å². The molecule has 0 radical (unpaired) electrons. The maximum atomic E-state index is 9.10. The molecule has 0 aliphatic carbocycles. The summed E-state index contributed by atoms with van der Waals surface area (Å²) >= 11 is 1.42. The van der Waals surface area contributed by atoms with Crippen molar-refractivity contribution in [1.82, 2.24) is 4.57 Å². The van der Waals surface area contributed by atoms with Gasteiger partial charge in [-0.2, -0.15) is 5.26 Å². The average molecular weight is 287 g/mol. The molecule has 0 N–H and O–H groups in total. The van der Waals surface area contributed by atoms with E-state index in [9.17, 15) is 0 Å². The minimum absolute atomic E-state index is 0.655. The van der Waals surface area contributed by atoms with Gasteiger partial charge in [-0.05, 0) is 45.0 Å². The molecule has 20 heavy (non-hydrogen) atoms. The molecule has 5 heteroatoms. The molecular formula is C15H17N3OS. The van der Waals surface area contributed by atoms with Crippen molar-refractivity contribution >= 4 is 17.0 Å². The third-order valence-electron chi connectivity index (χ3n) is 2.95. The predicted octanol–water partition coefficient (Wildman–Crippen LogP) is 3.38. The van der Waals surface area contributed by atoms with Gasteiger partial charge in [0.1, 0.15) is 16.7 Å². The Kier molecular flexibility index (Phi) is 4.59. The van der Waals surface area contributed by atoms with Gasteiger partial charge >= 0.3 is 0 Å². The molecule has 0 spiro atoms. The first kappa shape index (κ1) is 14.4. The maximum absolute atomic E-state index is 9.10. The molecule has 0 bridgehead atoms. The van der Waals surface area contributed by atoms with E-state index >= 15 is 0 Å². The molecular weight excluding hydrogens is 270 g/mol. The lowest BCUT2D eigenvalue weighted by molar-refractivity contribution is 0.340. The van der Waals surface area contributed by atoms with Crippen molar-refractivity contribution in [3.05, 3.63) is 39.6 Å². The predicted molar refractivity (Wildman–Crippen MR) is 80.3 cm³/mol. The highest BCUT2D eigenvalue weighted by molar-refractivity contribution is 7.09. The van der Waals surface area contributed by atoms with E-state index in [0.29, 0.717) is 6.61 Å². The van der Waals surface area contributed by atoms with Crippen LogP contribution in [0.2, 0.25) is 0 Å². The first-order valence-electron chi connectivity index (χ1n) is 6.57. The molecule has 1 heterocycles. The number of thiazole rings is 1. The van der Waals surface area contributed by atoms with Crippen LogP contribution in [0.25, 0.3) is 0 Å². The first-order valence-corrected chi connectivity index (χ1v) is 7.39. The molecule has 1 aromatic heterocycles. The molecule has 0 saturated heterocycles. The van der Waals surface area contributed by atoms with E-state index in [4.69, 9.17) is 10.00 Å². The Hall–Kier alpha value is -2.06.